The van der Waals surface area contributed by atoms with Crippen molar-refractivity contribution in [1.29, 1.82) is 0 Å². The van der Waals surface area contributed by atoms with Gasteiger partial charge in [-0.2, -0.15) is 0 Å². The molecule has 6 heteroatoms. The van der Waals surface area contributed by atoms with Crippen molar-refractivity contribution in [2.75, 3.05) is 16.8 Å². The Hall–Kier alpha value is -4.06. The Kier molecular flexibility index (Phi) is 6.45. The van der Waals surface area contributed by atoms with Crippen LogP contribution in [0.4, 0.5) is 11.4 Å². The van der Waals surface area contributed by atoms with E-state index in [-0.39, 0.29) is 11.8 Å². The highest BCUT2D eigenvalue weighted by Crippen LogP contribution is 2.38. The first-order valence-corrected chi connectivity index (χ1v) is 10.9. The second-order valence-electron chi connectivity index (χ2n) is 7.78. The molecule has 0 aromatic heterocycles. The number of ether oxygens (including phenoxy) is 2. The maximum Gasteiger partial charge on any atom is 0.282 e. The molecular formula is C27H26N2O4. The number of para-hydroxylation sites is 2. The third kappa shape index (κ3) is 4.60. The smallest absolute Gasteiger partial charge is 0.282 e. The summed E-state index contributed by atoms with van der Waals surface area (Å²) in [5.74, 6) is 0.296. The van der Waals surface area contributed by atoms with E-state index in [0.29, 0.717) is 40.6 Å². The van der Waals surface area contributed by atoms with E-state index in [9.17, 15) is 9.59 Å². The zero-order valence-electron chi connectivity index (χ0n) is 18.9. The van der Waals surface area contributed by atoms with Crippen LogP contribution in [0.2, 0.25) is 0 Å². The number of nitrogens with one attached hydrogen (secondary N) is 1. The number of hydrogen-bond acceptors (Lipinski definition) is 5. The van der Waals surface area contributed by atoms with Crippen molar-refractivity contribution in [3.05, 3.63) is 90.1 Å². The van der Waals surface area contributed by atoms with Gasteiger partial charge in [-0.1, -0.05) is 48.5 Å². The van der Waals surface area contributed by atoms with Crippen molar-refractivity contribution in [1.82, 2.24) is 0 Å². The summed E-state index contributed by atoms with van der Waals surface area (Å²) in [6.07, 6.45) is -0.112. The van der Waals surface area contributed by atoms with E-state index in [2.05, 4.69) is 5.32 Å². The molecule has 2 amide bonds. The van der Waals surface area contributed by atoms with Crippen LogP contribution in [0.25, 0.3) is 5.57 Å². The topological polar surface area (TPSA) is 67.9 Å². The summed E-state index contributed by atoms with van der Waals surface area (Å²) in [5, 5.41) is 3.18. The summed E-state index contributed by atoms with van der Waals surface area (Å²) in [4.78, 5) is 28.5. The summed E-state index contributed by atoms with van der Waals surface area (Å²) in [6, 6.07) is 23.6. The molecule has 0 radical (unpaired) electrons. The predicted molar refractivity (Wildman–Crippen MR) is 129 cm³/mol. The quantitative estimate of drug-likeness (QED) is 0.482. The van der Waals surface area contributed by atoms with E-state index in [1.165, 1.54) is 4.90 Å². The fraction of sp³-hybridized carbons (Fsp3) is 0.185. The molecule has 0 saturated heterocycles. The number of carbonyl (C=O) groups excluding carboxylic acids is 2. The summed E-state index contributed by atoms with van der Waals surface area (Å²) in [6.45, 7) is 6.23. The highest BCUT2D eigenvalue weighted by molar-refractivity contribution is 6.46. The fourth-order valence-electron chi connectivity index (χ4n) is 3.71. The monoisotopic (exact) mass is 442 g/mol. The van der Waals surface area contributed by atoms with Crippen LogP contribution in [0.1, 0.15) is 26.3 Å². The molecule has 1 N–H and O–H groups in total. The Labute approximate surface area is 193 Å². The lowest BCUT2D eigenvalue weighted by atomic mass is 10.0. The average molecular weight is 443 g/mol. The summed E-state index contributed by atoms with van der Waals surface area (Å²) >= 11 is 0. The van der Waals surface area contributed by atoms with Crippen LogP contribution in [-0.2, 0) is 9.59 Å². The van der Waals surface area contributed by atoms with Gasteiger partial charge in [0.05, 0.1) is 24.0 Å². The Balaban J connectivity index is 1.79. The molecule has 33 heavy (non-hydrogen) atoms. The van der Waals surface area contributed by atoms with Crippen molar-refractivity contribution in [3.8, 4) is 11.5 Å². The lowest BCUT2D eigenvalue weighted by molar-refractivity contribution is -0.120. The number of amides is 2. The van der Waals surface area contributed by atoms with Gasteiger partial charge in [-0.05, 0) is 50.6 Å². The van der Waals surface area contributed by atoms with Crippen molar-refractivity contribution in [2.24, 2.45) is 0 Å². The SMILES string of the molecule is CCOc1cccc(NC2=C(c3ccccc3)C(=O)N(c3ccccc3OC(C)C)C2=O)c1. The number of benzene rings is 3. The number of hydrogen-bond donors (Lipinski definition) is 1. The van der Waals surface area contributed by atoms with Gasteiger partial charge in [-0.15, -0.1) is 0 Å². The van der Waals surface area contributed by atoms with E-state index in [1.54, 1.807) is 24.3 Å². The molecule has 3 aromatic carbocycles. The Morgan fingerprint density at radius 3 is 2.33 bits per heavy atom. The Bertz CT molecular complexity index is 1200. The van der Waals surface area contributed by atoms with Gasteiger partial charge in [0.1, 0.15) is 17.2 Å². The van der Waals surface area contributed by atoms with Crippen molar-refractivity contribution in [2.45, 2.75) is 26.9 Å². The first-order chi connectivity index (χ1) is 16.0. The fourth-order valence-corrected chi connectivity index (χ4v) is 3.71. The minimum Gasteiger partial charge on any atom is -0.494 e. The van der Waals surface area contributed by atoms with Gasteiger partial charge in [0.2, 0.25) is 0 Å². The molecule has 1 heterocycles. The highest BCUT2D eigenvalue weighted by atomic mass is 16.5. The molecule has 1 aliphatic heterocycles. The maximum absolute atomic E-state index is 13.7. The lowest BCUT2D eigenvalue weighted by Crippen LogP contribution is -2.33. The molecule has 0 unspecified atom stereocenters. The second kappa shape index (κ2) is 9.61. The van der Waals surface area contributed by atoms with Crippen molar-refractivity contribution >= 4 is 28.8 Å². The molecule has 4 rings (SSSR count). The maximum atomic E-state index is 13.7. The van der Waals surface area contributed by atoms with E-state index in [0.717, 1.165) is 0 Å². The largest absolute Gasteiger partial charge is 0.494 e. The number of carbonyl (C=O) groups is 2. The Morgan fingerprint density at radius 1 is 0.879 bits per heavy atom. The molecule has 6 nitrogen and oxygen atoms in total. The van der Waals surface area contributed by atoms with Crippen LogP contribution >= 0.6 is 0 Å². The number of rotatable bonds is 8. The number of nitrogens with zero attached hydrogens (tertiary/aromatic N) is 1. The normalized spacial score (nSPS) is 13.6. The van der Waals surface area contributed by atoms with Crippen LogP contribution in [0.15, 0.2) is 84.6 Å². The molecule has 0 atom stereocenters. The minimum absolute atomic E-state index is 0.112. The molecule has 3 aromatic rings. The first-order valence-electron chi connectivity index (χ1n) is 10.9. The third-order valence-electron chi connectivity index (χ3n) is 5.03. The van der Waals surface area contributed by atoms with E-state index in [4.69, 9.17) is 9.47 Å². The molecule has 0 fully saturated rings. The van der Waals surface area contributed by atoms with Gasteiger partial charge < -0.3 is 14.8 Å². The molecule has 0 spiro atoms. The average Bonchev–Trinajstić information content (AvgIpc) is 3.04. The molecule has 0 bridgehead atoms. The second-order valence-corrected chi connectivity index (χ2v) is 7.78. The van der Waals surface area contributed by atoms with Gasteiger partial charge in [-0.25, -0.2) is 4.90 Å². The Morgan fingerprint density at radius 2 is 1.61 bits per heavy atom. The zero-order chi connectivity index (χ0) is 23.4. The molecule has 0 aliphatic carbocycles. The van der Waals surface area contributed by atoms with Gasteiger partial charge in [0.15, 0.2) is 0 Å². The number of imide groups is 1. The highest BCUT2D eigenvalue weighted by Gasteiger charge is 2.41. The standard InChI is InChI=1S/C27H26N2O4/c1-4-32-21-14-10-13-20(17-21)28-25-24(19-11-6-5-7-12-19)26(30)29(27(25)31)22-15-8-9-16-23(22)33-18(2)3/h5-18,28H,4H2,1-3H3. The van der Waals surface area contributed by atoms with E-state index < -0.39 is 11.8 Å². The molecule has 0 saturated carbocycles. The molecule has 168 valence electrons. The van der Waals surface area contributed by atoms with Crippen molar-refractivity contribution in [3.63, 3.8) is 0 Å². The minimum atomic E-state index is -0.444. The van der Waals surface area contributed by atoms with Gasteiger partial charge in [0.25, 0.3) is 11.8 Å². The van der Waals surface area contributed by atoms with Crippen LogP contribution in [0.3, 0.4) is 0 Å². The van der Waals surface area contributed by atoms with Gasteiger partial charge in [0, 0.05) is 11.8 Å². The summed E-state index contributed by atoms with van der Waals surface area (Å²) < 4.78 is 11.5. The van der Waals surface area contributed by atoms with E-state index in [1.807, 2.05) is 75.4 Å². The third-order valence-corrected chi connectivity index (χ3v) is 5.03. The number of anilines is 2. The first kappa shape index (κ1) is 22.1. The molecular weight excluding hydrogens is 416 g/mol. The van der Waals surface area contributed by atoms with Crippen molar-refractivity contribution < 1.29 is 19.1 Å². The summed E-state index contributed by atoms with van der Waals surface area (Å²) in [5.41, 5.74) is 2.23. The predicted octanol–water partition coefficient (Wildman–Crippen LogP) is 5.27. The molecule has 1 aliphatic rings. The lowest BCUT2D eigenvalue weighted by Gasteiger charge is -2.20. The van der Waals surface area contributed by atoms with Crippen LogP contribution in [0.5, 0.6) is 11.5 Å². The summed E-state index contributed by atoms with van der Waals surface area (Å²) in [7, 11) is 0. The van der Waals surface area contributed by atoms with Crippen LogP contribution < -0.4 is 19.7 Å². The van der Waals surface area contributed by atoms with Gasteiger partial charge >= 0.3 is 0 Å². The van der Waals surface area contributed by atoms with E-state index >= 15 is 0 Å². The van der Waals surface area contributed by atoms with Gasteiger partial charge in [-0.3, -0.25) is 9.59 Å². The zero-order valence-corrected chi connectivity index (χ0v) is 18.9. The van der Waals surface area contributed by atoms with Crippen LogP contribution in [-0.4, -0.2) is 24.5 Å². The van der Waals surface area contributed by atoms with Crippen LogP contribution in [0, 0.1) is 0 Å².